The summed E-state index contributed by atoms with van der Waals surface area (Å²) >= 11 is 0. The monoisotopic (exact) mass is 288 g/mol. The van der Waals surface area contributed by atoms with Gasteiger partial charge in [-0.15, -0.1) is 0 Å². The number of aromatic nitrogens is 1. The first-order chi connectivity index (χ1) is 10.2. The summed E-state index contributed by atoms with van der Waals surface area (Å²) in [5, 5.41) is 6.08. The largest absolute Gasteiger partial charge is 0.439 e. The maximum Gasteiger partial charge on any atom is 0.219 e. The van der Waals surface area contributed by atoms with Gasteiger partial charge >= 0.3 is 0 Å². The van der Waals surface area contributed by atoms with E-state index in [1.165, 1.54) is 12.1 Å². The third-order valence-corrected chi connectivity index (χ3v) is 2.76. The van der Waals surface area contributed by atoms with Crippen molar-refractivity contribution in [2.45, 2.75) is 6.54 Å². The summed E-state index contributed by atoms with van der Waals surface area (Å²) in [5.74, 6) is 1.40. The van der Waals surface area contributed by atoms with E-state index in [0.717, 1.165) is 5.56 Å². The number of halogens is 1. The fourth-order valence-corrected chi connectivity index (χ4v) is 1.70. The first-order valence-corrected chi connectivity index (χ1v) is 6.48. The summed E-state index contributed by atoms with van der Waals surface area (Å²) in [5.41, 5.74) is 0.999. The van der Waals surface area contributed by atoms with Crippen molar-refractivity contribution in [2.24, 2.45) is 4.99 Å². The van der Waals surface area contributed by atoms with Gasteiger partial charge in [-0.3, -0.25) is 4.99 Å². The molecule has 0 saturated heterocycles. The number of nitrogens with one attached hydrogen (secondary N) is 2. The van der Waals surface area contributed by atoms with Crippen LogP contribution < -0.4 is 15.4 Å². The molecule has 0 aliphatic rings. The molecule has 6 heteroatoms. The Morgan fingerprint density at radius 2 is 2.05 bits per heavy atom. The lowest BCUT2D eigenvalue weighted by atomic mass is 10.2. The Kier molecular flexibility index (Phi) is 5.09. The Bertz CT molecular complexity index is 613. The Balaban J connectivity index is 2.02. The highest BCUT2D eigenvalue weighted by molar-refractivity contribution is 5.79. The molecule has 0 spiro atoms. The van der Waals surface area contributed by atoms with Gasteiger partial charge in [0, 0.05) is 32.9 Å². The number of ether oxygens (including phenoxy) is 1. The van der Waals surface area contributed by atoms with Crippen LogP contribution in [0.1, 0.15) is 5.56 Å². The van der Waals surface area contributed by atoms with Crippen molar-refractivity contribution >= 4 is 5.96 Å². The van der Waals surface area contributed by atoms with E-state index < -0.39 is 0 Å². The van der Waals surface area contributed by atoms with Crippen LogP contribution in [-0.4, -0.2) is 25.0 Å². The average molecular weight is 288 g/mol. The van der Waals surface area contributed by atoms with Gasteiger partial charge in [-0.25, -0.2) is 9.37 Å². The van der Waals surface area contributed by atoms with Gasteiger partial charge in [0.15, 0.2) is 5.96 Å². The number of nitrogens with zero attached hydrogens (tertiary/aromatic N) is 2. The molecule has 0 saturated carbocycles. The van der Waals surface area contributed by atoms with Gasteiger partial charge in [-0.05, 0) is 35.9 Å². The topological polar surface area (TPSA) is 58.5 Å². The first kappa shape index (κ1) is 14.8. The number of pyridine rings is 1. The van der Waals surface area contributed by atoms with E-state index in [2.05, 4.69) is 20.6 Å². The molecule has 1 aromatic heterocycles. The molecule has 0 unspecified atom stereocenters. The summed E-state index contributed by atoms with van der Waals surface area (Å²) in [4.78, 5) is 8.17. The van der Waals surface area contributed by atoms with E-state index in [4.69, 9.17) is 4.74 Å². The van der Waals surface area contributed by atoms with Crippen LogP contribution in [0.15, 0.2) is 47.6 Å². The second-order valence-corrected chi connectivity index (χ2v) is 4.23. The quantitative estimate of drug-likeness (QED) is 0.669. The third-order valence-electron chi connectivity index (χ3n) is 2.76. The van der Waals surface area contributed by atoms with Crippen LogP contribution in [-0.2, 0) is 6.54 Å². The highest BCUT2D eigenvalue weighted by atomic mass is 19.1. The van der Waals surface area contributed by atoms with Crippen LogP contribution in [0.3, 0.4) is 0 Å². The molecule has 0 atom stereocenters. The molecule has 0 fully saturated rings. The molecule has 0 aliphatic carbocycles. The lowest BCUT2D eigenvalue weighted by molar-refractivity contribution is 0.460. The lowest BCUT2D eigenvalue weighted by Crippen LogP contribution is -2.34. The van der Waals surface area contributed by atoms with E-state index >= 15 is 0 Å². The first-order valence-electron chi connectivity index (χ1n) is 6.48. The van der Waals surface area contributed by atoms with Crippen molar-refractivity contribution in [3.63, 3.8) is 0 Å². The number of guanidine groups is 1. The number of rotatable bonds is 4. The fourth-order valence-electron chi connectivity index (χ4n) is 1.70. The molecule has 1 heterocycles. The van der Waals surface area contributed by atoms with Gasteiger partial charge in [-0.1, -0.05) is 0 Å². The summed E-state index contributed by atoms with van der Waals surface area (Å²) < 4.78 is 18.4. The number of hydrogen-bond acceptors (Lipinski definition) is 3. The van der Waals surface area contributed by atoms with Crippen LogP contribution in [0.25, 0.3) is 0 Å². The molecule has 110 valence electrons. The standard InChI is InChI=1S/C15H17FN4O/c1-17-15(18-2)20-10-11-7-8-19-14(9-11)21-13-5-3-12(16)4-6-13/h3-9H,10H2,1-2H3,(H2,17,18,20). The van der Waals surface area contributed by atoms with Crippen LogP contribution in [0.2, 0.25) is 0 Å². The van der Waals surface area contributed by atoms with Crippen molar-refractivity contribution in [3.05, 3.63) is 54.0 Å². The van der Waals surface area contributed by atoms with Gasteiger partial charge in [0.1, 0.15) is 11.6 Å². The smallest absolute Gasteiger partial charge is 0.219 e. The van der Waals surface area contributed by atoms with Gasteiger partial charge in [0.05, 0.1) is 0 Å². The van der Waals surface area contributed by atoms with Crippen LogP contribution in [0.5, 0.6) is 11.6 Å². The molecular weight excluding hydrogens is 271 g/mol. The second-order valence-electron chi connectivity index (χ2n) is 4.23. The number of benzene rings is 1. The number of aliphatic imine (C=N–C) groups is 1. The molecule has 2 aromatic rings. The molecule has 0 aliphatic heterocycles. The Hall–Kier alpha value is -2.63. The van der Waals surface area contributed by atoms with Gasteiger partial charge in [0.2, 0.25) is 5.88 Å². The zero-order chi connectivity index (χ0) is 15.1. The van der Waals surface area contributed by atoms with Gasteiger partial charge in [-0.2, -0.15) is 0 Å². The molecule has 2 N–H and O–H groups in total. The van der Waals surface area contributed by atoms with E-state index in [9.17, 15) is 4.39 Å². The Morgan fingerprint density at radius 3 is 2.71 bits per heavy atom. The summed E-state index contributed by atoms with van der Waals surface area (Å²) in [6, 6.07) is 9.51. The van der Waals surface area contributed by atoms with E-state index in [1.807, 2.05) is 12.1 Å². The van der Waals surface area contributed by atoms with E-state index in [-0.39, 0.29) is 5.82 Å². The molecule has 0 radical (unpaired) electrons. The molecule has 21 heavy (non-hydrogen) atoms. The SMILES string of the molecule is CN=C(NC)NCc1ccnc(Oc2ccc(F)cc2)c1. The third kappa shape index (κ3) is 4.45. The average Bonchev–Trinajstić information content (AvgIpc) is 2.51. The molecular formula is C15H17FN4O. The van der Waals surface area contributed by atoms with Crippen molar-refractivity contribution < 1.29 is 9.13 Å². The highest BCUT2D eigenvalue weighted by Gasteiger charge is 2.02. The van der Waals surface area contributed by atoms with Gasteiger partial charge < -0.3 is 15.4 Å². The summed E-state index contributed by atoms with van der Waals surface area (Å²) in [7, 11) is 3.50. The Labute approximate surface area is 122 Å². The van der Waals surface area contributed by atoms with Crippen molar-refractivity contribution in [2.75, 3.05) is 14.1 Å². The Morgan fingerprint density at radius 1 is 1.29 bits per heavy atom. The fraction of sp³-hybridized carbons (Fsp3) is 0.200. The minimum absolute atomic E-state index is 0.299. The minimum atomic E-state index is -0.299. The molecule has 0 amide bonds. The van der Waals surface area contributed by atoms with Crippen molar-refractivity contribution in [1.82, 2.24) is 15.6 Å². The minimum Gasteiger partial charge on any atom is -0.439 e. The summed E-state index contributed by atoms with van der Waals surface area (Å²) in [6.07, 6.45) is 1.66. The number of hydrogen-bond donors (Lipinski definition) is 2. The zero-order valence-electron chi connectivity index (χ0n) is 11.9. The van der Waals surface area contributed by atoms with Crippen molar-refractivity contribution in [3.8, 4) is 11.6 Å². The van der Waals surface area contributed by atoms with Crippen molar-refractivity contribution in [1.29, 1.82) is 0 Å². The second kappa shape index (κ2) is 7.23. The maximum absolute atomic E-state index is 12.8. The normalized spacial score (nSPS) is 11.1. The molecule has 5 nitrogen and oxygen atoms in total. The predicted octanol–water partition coefficient (Wildman–Crippen LogP) is 2.31. The lowest BCUT2D eigenvalue weighted by Gasteiger charge is -2.09. The van der Waals surface area contributed by atoms with Crippen LogP contribution in [0.4, 0.5) is 4.39 Å². The molecule has 1 aromatic carbocycles. The van der Waals surface area contributed by atoms with Gasteiger partial charge in [0.25, 0.3) is 0 Å². The molecule has 0 bridgehead atoms. The maximum atomic E-state index is 12.8. The van der Waals surface area contributed by atoms with E-state index in [0.29, 0.717) is 24.1 Å². The van der Waals surface area contributed by atoms with Crippen LogP contribution in [0, 0.1) is 5.82 Å². The summed E-state index contributed by atoms with van der Waals surface area (Å²) in [6.45, 7) is 0.593. The molecule has 2 rings (SSSR count). The predicted molar refractivity (Wildman–Crippen MR) is 80.0 cm³/mol. The van der Waals surface area contributed by atoms with Crippen LogP contribution >= 0.6 is 0 Å². The van der Waals surface area contributed by atoms with E-state index in [1.54, 1.807) is 32.4 Å². The zero-order valence-corrected chi connectivity index (χ0v) is 11.9. The highest BCUT2D eigenvalue weighted by Crippen LogP contribution is 2.20.